The highest BCUT2D eigenvalue weighted by Crippen LogP contribution is 2.44. The Hall–Kier alpha value is -2.56. The number of carbonyl (C=O) groups is 2. The summed E-state index contributed by atoms with van der Waals surface area (Å²) in [6.45, 7) is 6.00. The van der Waals surface area contributed by atoms with Gasteiger partial charge in [-0.1, -0.05) is 18.7 Å². The molecule has 126 valence electrons. The number of carbonyl (C=O) groups excluding carboxylic acids is 2. The van der Waals surface area contributed by atoms with Gasteiger partial charge in [0.05, 0.1) is 6.61 Å². The van der Waals surface area contributed by atoms with Crippen LogP contribution >= 0.6 is 0 Å². The van der Waals surface area contributed by atoms with Gasteiger partial charge in [0.15, 0.2) is 5.78 Å². The number of rotatable bonds is 3. The summed E-state index contributed by atoms with van der Waals surface area (Å²) in [6, 6.07) is 6.70. The molecule has 2 atom stereocenters. The Morgan fingerprint density at radius 1 is 1.42 bits per heavy atom. The summed E-state index contributed by atoms with van der Waals surface area (Å²) in [4.78, 5) is 25.1. The van der Waals surface area contributed by atoms with E-state index in [2.05, 4.69) is 11.9 Å². The van der Waals surface area contributed by atoms with Crippen LogP contribution < -0.4 is 5.32 Å². The summed E-state index contributed by atoms with van der Waals surface area (Å²) < 4.78 is 5.21. The average molecular weight is 327 g/mol. The van der Waals surface area contributed by atoms with Gasteiger partial charge in [0.25, 0.3) is 0 Å². The Balaban J connectivity index is 2.15. The molecule has 2 aliphatic rings. The lowest BCUT2D eigenvalue weighted by molar-refractivity contribution is -0.147. The first-order chi connectivity index (χ1) is 11.5. The second-order valence-electron chi connectivity index (χ2n) is 6.12. The highest BCUT2D eigenvalue weighted by molar-refractivity contribution is 6.00. The third-order valence-corrected chi connectivity index (χ3v) is 4.56. The number of allylic oxidation sites excluding steroid dienone is 2. The molecule has 5 nitrogen and oxygen atoms in total. The predicted molar refractivity (Wildman–Crippen MR) is 89.1 cm³/mol. The minimum absolute atomic E-state index is 0.0406. The number of hydrogen-bond acceptors (Lipinski definition) is 5. The molecule has 24 heavy (non-hydrogen) atoms. The number of hydrogen-bond donors (Lipinski definition) is 2. The predicted octanol–water partition coefficient (Wildman–Crippen LogP) is 2.78. The van der Waals surface area contributed by atoms with Gasteiger partial charge in [-0.15, -0.1) is 0 Å². The fourth-order valence-electron chi connectivity index (χ4n) is 3.58. The second-order valence-corrected chi connectivity index (χ2v) is 6.12. The normalized spacial score (nSPS) is 23.5. The molecule has 1 aliphatic heterocycles. The van der Waals surface area contributed by atoms with E-state index in [1.165, 1.54) is 0 Å². The van der Waals surface area contributed by atoms with Crippen molar-refractivity contribution in [2.75, 3.05) is 6.61 Å². The van der Waals surface area contributed by atoms with Crippen molar-refractivity contribution < 1.29 is 19.4 Å². The van der Waals surface area contributed by atoms with Crippen molar-refractivity contribution in [2.45, 2.75) is 32.1 Å². The van der Waals surface area contributed by atoms with Crippen LogP contribution in [0.25, 0.3) is 0 Å². The van der Waals surface area contributed by atoms with Gasteiger partial charge in [0.1, 0.15) is 11.7 Å². The molecule has 0 amide bonds. The molecule has 1 heterocycles. The van der Waals surface area contributed by atoms with Crippen molar-refractivity contribution in [1.82, 2.24) is 5.32 Å². The van der Waals surface area contributed by atoms with E-state index in [1.807, 2.05) is 6.07 Å². The Morgan fingerprint density at radius 3 is 2.92 bits per heavy atom. The number of Topliss-reactive ketones (excluding diaryl/α,β-unsaturated/α-hetero) is 1. The van der Waals surface area contributed by atoms with Crippen LogP contribution in [0.4, 0.5) is 0 Å². The number of aromatic hydroxyl groups is 1. The van der Waals surface area contributed by atoms with Crippen molar-refractivity contribution in [1.29, 1.82) is 0 Å². The van der Waals surface area contributed by atoms with Crippen molar-refractivity contribution in [3.8, 4) is 5.75 Å². The molecule has 0 spiro atoms. The van der Waals surface area contributed by atoms with Gasteiger partial charge in [-0.25, -0.2) is 0 Å². The third kappa shape index (κ3) is 2.82. The van der Waals surface area contributed by atoms with Crippen LogP contribution in [0.2, 0.25) is 0 Å². The molecule has 1 aromatic rings. The lowest BCUT2D eigenvalue weighted by Gasteiger charge is -2.38. The molecular weight excluding hydrogens is 306 g/mol. The van der Waals surface area contributed by atoms with Crippen LogP contribution in [0.3, 0.4) is 0 Å². The maximum atomic E-state index is 12.6. The number of benzene rings is 1. The van der Waals surface area contributed by atoms with E-state index >= 15 is 0 Å². The molecule has 5 heteroatoms. The summed E-state index contributed by atoms with van der Waals surface area (Å²) in [7, 11) is 0. The van der Waals surface area contributed by atoms with E-state index in [0.717, 1.165) is 24.1 Å². The van der Waals surface area contributed by atoms with Gasteiger partial charge >= 0.3 is 5.97 Å². The highest BCUT2D eigenvalue weighted by Gasteiger charge is 2.43. The van der Waals surface area contributed by atoms with Crippen LogP contribution in [0.1, 0.15) is 37.7 Å². The van der Waals surface area contributed by atoms with Crippen LogP contribution in [0.5, 0.6) is 5.75 Å². The Kier molecular flexibility index (Phi) is 4.42. The molecule has 0 fully saturated rings. The smallest absolute Gasteiger partial charge is 0.315 e. The van der Waals surface area contributed by atoms with Gasteiger partial charge in [-0.3, -0.25) is 9.59 Å². The minimum atomic E-state index is -0.687. The van der Waals surface area contributed by atoms with Crippen molar-refractivity contribution in [3.63, 3.8) is 0 Å². The third-order valence-electron chi connectivity index (χ3n) is 4.56. The minimum Gasteiger partial charge on any atom is -0.508 e. The number of phenols is 1. The lowest BCUT2D eigenvalue weighted by atomic mass is 9.71. The molecule has 1 aromatic carbocycles. The van der Waals surface area contributed by atoms with Gasteiger partial charge in [0.2, 0.25) is 0 Å². The standard InChI is InChI=1S/C19H21NO4/c1-3-24-19(23)16-11(2)20-14-8-5-9-15(22)18(14)17(16)12-6-4-7-13(21)10-12/h4,6-7,10,16-17,20-21H,2-3,5,8-9H2,1H3. The maximum absolute atomic E-state index is 12.6. The first-order valence-corrected chi connectivity index (χ1v) is 8.20. The van der Waals surface area contributed by atoms with Gasteiger partial charge in [-0.05, 0) is 37.5 Å². The topological polar surface area (TPSA) is 75.6 Å². The molecule has 3 rings (SSSR count). The number of esters is 1. The zero-order valence-electron chi connectivity index (χ0n) is 13.7. The zero-order chi connectivity index (χ0) is 17.3. The van der Waals surface area contributed by atoms with Gasteiger partial charge in [-0.2, -0.15) is 0 Å². The summed E-state index contributed by atoms with van der Waals surface area (Å²) >= 11 is 0. The summed E-state index contributed by atoms with van der Waals surface area (Å²) in [6.07, 6.45) is 2.01. The molecule has 1 aliphatic carbocycles. The van der Waals surface area contributed by atoms with Crippen LogP contribution in [-0.4, -0.2) is 23.5 Å². The molecule has 0 saturated heterocycles. The van der Waals surface area contributed by atoms with E-state index in [-0.39, 0.29) is 18.1 Å². The maximum Gasteiger partial charge on any atom is 0.315 e. The van der Waals surface area contributed by atoms with E-state index in [0.29, 0.717) is 17.7 Å². The Morgan fingerprint density at radius 2 is 2.21 bits per heavy atom. The molecule has 2 N–H and O–H groups in total. The van der Waals surface area contributed by atoms with Crippen molar-refractivity contribution in [2.24, 2.45) is 5.92 Å². The van der Waals surface area contributed by atoms with Crippen molar-refractivity contribution in [3.05, 3.63) is 53.4 Å². The molecule has 0 aromatic heterocycles. The molecule has 0 saturated carbocycles. The van der Waals surface area contributed by atoms with Gasteiger partial charge in [0, 0.05) is 29.3 Å². The van der Waals surface area contributed by atoms with E-state index in [1.54, 1.807) is 25.1 Å². The summed E-state index contributed by atoms with van der Waals surface area (Å²) in [5.41, 5.74) is 2.72. The first-order valence-electron chi connectivity index (χ1n) is 8.20. The largest absolute Gasteiger partial charge is 0.508 e. The zero-order valence-corrected chi connectivity index (χ0v) is 13.7. The SMILES string of the molecule is C=C1NC2=C(C(=O)CCC2)C(c2cccc(O)c2)C1C(=O)OCC. The quantitative estimate of drug-likeness (QED) is 0.835. The van der Waals surface area contributed by atoms with E-state index in [9.17, 15) is 14.7 Å². The fraction of sp³-hybridized carbons (Fsp3) is 0.368. The number of nitrogens with one attached hydrogen (secondary N) is 1. The van der Waals surface area contributed by atoms with E-state index in [4.69, 9.17) is 4.74 Å². The summed E-state index contributed by atoms with van der Waals surface area (Å²) in [5.74, 6) is -1.43. The monoisotopic (exact) mass is 327 g/mol. The van der Waals surface area contributed by atoms with Crippen molar-refractivity contribution >= 4 is 11.8 Å². The second kappa shape index (κ2) is 6.51. The molecular formula is C19H21NO4. The number of ketones is 1. The summed E-state index contributed by atoms with van der Waals surface area (Å²) in [5, 5.41) is 13.0. The Labute approximate surface area is 141 Å². The average Bonchev–Trinajstić information content (AvgIpc) is 2.54. The fourth-order valence-corrected chi connectivity index (χ4v) is 3.58. The van der Waals surface area contributed by atoms with Gasteiger partial charge < -0.3 is 15.2 Å². The molecule has 0 radical (unpaired) electrons. The molecule has 2 unspecified atom stereocenters. The highest BCUT2D eigenvalue weighted by atomic mass is 16.5. The molecule has 0 bridgehead atoms. The first kappa shape index (κ1) is 16.3. The lowest BCUT2D eigenvalue weighted by Crippen LogP contribution is -2.41. The Bertz CT molecular complexity index is 735. The van der Waals surface area contributed by atoms with Crippen LogP contribution in [0.15, 0.2) is 47.8 Å². The van der Waals surface area contributed by atoms with Crippen LogP contribution in [0, 0.1) is 5.92 Å². The number of phenolic OH excluding ortho intramolecular Hbond substituents is 1. The van der Waals surface area contributed by atoms with E-state index < -0.39 is 17.8 Å². The number of ether oxygens (including phenoxy) is 1. The van der Waals surface area contributed by atoms with Crippen LogP contribution in [-0.2, 0) is 14.3 Å².